The zero-order valence-corrected chi connectivity index (χ0v) is 11.2. The highest BCUT2D eigenvalue weighted by Crippen LogP contribution is 2.29. The molecule has 0 fully saturated rings. The van der Waals surface area contributed by atoms with E-state index in [-0.39, 0.29) is 17.6 Å². The maximum absolute atomic E-state index is 11.9. The van der Waals surface area contributed by atoms with Gasteiger partial charge in [-0.05, 0) is 36.6 Å². The van der Waals surface area contributed by atoms with E-state index in [9.17, 15) is 9.59 Å². The van der Waals surface area contributed by atoms with Gasteiger partial charge >= 0.3 is 0 Å². The minimum Gasteiger partial charge on any atom is -0.312 e. The van der Waals surface area contributed by atoms with Gasteiger partial charge in [-0.1, -0.05) is 6.92 Å². The Kier molecular flexibility index (Phi) is 4.02. The molecule has 0 N–H and O–H groups in total. The molecule has 0 radical (unpaired) electrons. The van der Waals surface area contributed by atoms with E-state index in [2.05, 4.69) is 0 Å². The number of carbonyl (C=O) groups is 2. The first-order valence-corrected chi connectivity index (χ1v) is 6.73. The summed E-state index contributed by atoms with van der Waals surface area (Å²) in [6, 6.07) is 5.47. The predicted molar refractivity (Wildman–Crippen MR) is 72.5 cm³/mol. The summed E-state index contributed by atoms with van der Waals surface area (Å²) in [6.45, 7) is 2.71. The Morgan fingerprint density at radius 2 is 2.17 bits per heavy atom. The van der Waals surface area contributed by atoms with Crippen LogP contribution in [0.3, 0.4) is 0 Å². The van der Waals surface area contributed by atoms with Gasteiger partial charge in [0.15, 0.2) is 5.78 Å². The maximum atomic E-state index is 11.9. The zero-order valence-electron chi connectivity index (χ0n) is 10.4. The van der Waals surface area contributed by atoms with Gasteiger partial charge in [-0.2, -0.15) is 0 Å². The zero-order chi connectivity index (χ0) is 13.1. The minimum atomic E-state index is -0.0715. The summed E-state index contributed by atoms with van der Waals surface area (Å²) in [4.78, 5) is 25.3. The third-order valence-corrected chi connectivity index (χ3v) is 3.43. The van der Waals surface area contributed by atoms with Gasteiger partial charge in [0.2, 0.25) is 5.91 Å². The van der Waals surface area contributed by atoms with Gasteiger partial charge in [-0.3, -0.25) is 9.59 Å². The van der Waals surface area contributed by atoms with E-state index in [1.54, 1.807) is 6.07 Å². The number of Topliss-reactive ketones (excluding diaryl/α,β-unsaturated/α-hetero) is 1. The third kappa shape index (κ3) is 2.41. The fourth-order valence-corrected chi connectivity index (χ4v) is 2.41. The quantitative estimate of drug-likeness (QED) is 0.620. The van der Waals surface area contributed by atoms with Crippen molar-refractivity contribution >= 4 is 29.0 Å². The minimum absolute atomic E-state index is 0.00271. The summed E-state index contributed by atoms with van der Waals surface area (Å²) in [5.41, 5.74) is 2.64. The molecule has 4 heteroatoms. The molecule has 1 aliphatic rings. The summed E-state index contributed by atoms with van der Waals surface area (Å²) in [5.74, 6) is 0.0857. The third-order valence-electron chi connectivity index (χ3n) is 3.18. The van der Waals surface area contributed by atoms with Crippen LogP contribution in [-0.4, -0.2) is 24.1 Å². The Balaban J connectivity index is 2.25. The van der Waals surface area contributed by atoms with E-state index in [0.29, 0.717) is 18.5 Å². The van der Waals surface area contributed by atoms with Crippen LogP contribution in [0.5, 0.6) is 0 Å². The molecular formula is C14H16ClNO2. The average molecular weight is 266 g/mol. The number of nitrogens with zero attached hydrogens (tertiary/aromatic N) is 1. The van der Waals surface area contributed by atoms with Crippen molar-refractivity contribution in [2.75, 3.05) is 17.3 Å². The smallest absolute Gasteiger partial charge is 0.226 e. The number of benzene rings is 1. The lowest BCUT2D eigenvalue weighted by molar-refractivity contribution is -0.118. The molecule has 0 saturated heterocycles. The summed E-state index contributed by atoms with van der Waals surface area (Å²) in [5, 5.41) is 0. The number of anilines is 1. The SMILES string of the molecule is CCCC(=O)N1CCc2cc(C(=O)CCl)ccc21. The fraction of sp³-hybridized carbons (Fsp3) is 0.429. The highest BCUT2D eigenvalue weighted by molar-refractivity contribution is 6.30. The van der Waals surface area contributed by atoms with Crippen molar-refractivity contribution < 1.29 is 9.59 Å². The molecule has 0 bridgehead atoms. The molecule has 1 aliphatic heterocycles. The van der Waals surface area contributed by atoms with Crippen LogP contribution < -0.4 is 4.90 Å². The van der Waals surface area contributed by atoms with Gasteiger partial charge in [-0.25, -0.2) is 0 Å². The highest BCUT2D eigenvalue weighted by atomic mass is 35.5. The highest BCUT2D eigenvalue weighted by Gasteiger charge is 2.24. The summed E-state index contributed by atoms with van der Waals surface area (Å²) >= 11 is 5.54. The molecule has 0 aliphatic carbocycles. The molecular weight excluding hydrogens is 250 g/mol. The number of ketones is 1. The van der Waals surface area contributed by atoms with Crippen molar-refractivity contribution in [1.82, 2.24) is 0 Å². The molecule has 0 spiro atoms. The second-order valence-electron chi connectivity index (χ2n) is 4.45. The van der Waals surface area contributed by atoms with Gasteiger partial charge in [-0.15, -0.1) is 11.6 Å². The molecule has 1 aromatic carbocycles. The maximum Gasteiger partial charge on any atom is 0.226 e. The lowest BCUT2D eigenvalue weighted by atomic mass is 10.1. The number of fused-ring (bicyclic) bond motifs is 1. The van der Waals surface area contributed by atoms with Gasteiger partial charge < -0.3 is 4.90 Å². The Hall–Kier alpha value is -1.35. The lowest BCUT2D eigenvalue weighted by Crippen LogP contribution is -2.28. The first kappa shape index (κ1) is 13.1. The van der Waals surface area contributed by atoms with Crippen LogP contribution in [0.2, 0.25) is 0 Å². The molecule has 2 rings (SSSR count). The van der Waals surface area contributed by atoms with Crippen LogP contribution in [0.1, 0.15) is 35.7 Å². The van der Waals surface area contributed by atoms with Crippen LogP contribution in [-0.2, 0) is 11.2 Å². The summed E-state index contributed by atoms with van der Waals surface area (Å²) in [7, 11) is 0. The van der Waals surface area contributed by atoms with Gasteiger partial charge in [0.05, 0.1) is 5.88 Å². The van der Waals surface area contributed by atoms with Crippen molar-refractivity contribution in [2.45, 2.75) is 26.2 Å². The second-order valence-corrected chi connectivity index (χ2v) is 4.71. The first-order chi connectivity index (χ1) is 8.67. The van der Waals surface area contributed by atoms with Gasteiger partial charge in [0.25, 0.3) is 0 Å². The summed E-state index contributed by atoms with van der Waals surface area (Å²) < 4.78 is 0. The fourth-order valence-electron chi connectivity index (χ4n) is 2.26. The Labute approximate surface area is 112 Å². The monoisotopic (exact) mass is 265 g/mol. The molecule has 0 atom stereocenters. The number of rotatable bonds is 4. The standard InChI is InChI=1S/C14H16ClNO2/c1-2-3-14(18)16-7-6-10-8-11(13(17)9-15)4-5-12(10)16/h4-5,8H,2-3,6-7,9H2,1H3. The molecule has 1 aromatic rings. The van der Waals surface area contributed by atoms with Gasteiger partial charge in [0, 0.05) is 24.2 Å². The van der Waals surface area contributed by atoms with Crippen molar-refractivity contribution in [3.8, 4) is 0 Å². The second kappa shape index (κ2) is 5.53. The number of amides is 1. The van der Waals surface area contributed by atoms with Crippen molar-refractivity contribution in [3.05, 3.63) is 29.3 Å². The Morgan fingerprint density at radius 1 is 1.39 bits per heavy atom. The van der Waals surface area contributed by atoms with Crippen molar-refractivity contribution in [3.63, 3.8) is 0 Å². The summed E-state index contributed by atoms with van der Waals surface area (Å²) in [6.07, 6.45) is 2.24. The van der Waals surface area contributed by atoms with E-state index in [1.807, 2.05) is 24.0 Å². The van der Waals surface area contributed by atoms with E-state index in [4.69, 9.17) is 11.6 Å². The van der Waals surface area contributed by atoms with E-state index >= 15 is 0 Å². The largest absolute Gasteiger partial charge is 0.312 e. The van der Waals surface area contributed by atoms with Crippen LogP contribution in [0.4, 0.5) is 5.69 Å². The normalized spacial score (nSPS) is 13.6. The molecule has 96 valence electrons. The Morgan fingerprint density at radius 3 is 2.83 bits per heavy atom. The molecule has 3 nitrogen and oxygen atoms in total. The number of carbonyl (C=O) groups excluding carboxylic acids is 2. The van der Waals surface area contributed by atoms with E-state index in [0.717, 1.165) is 24.1 Å². The van der Waals surface area contributed by atoms with Crippen molar-refractivity contribution in [2.24, 2.45) is 0 Å². The molecule has 0 saturated carbocycles. The Bertz CT molecular complexity index is 485. The number of hydrogen-bond donors (Lipinski definition) is 0. The molecule has 1 amide bonds. The topological polar surface area (TPSA) is 37.4 Å². The van der Waals surface area contributed by atoms with Crippen LogP contribution in [0.15, 0.2) is 18.2 Å². The van der Waals surface area contributed by atoms with E-state index < -0.39 is 0 Å². The predicted octanol–water partition coefficient (Wildman–Crippen LogP) is 2.80. The number of hydrogen-bond acceptors (Lipinski definition) is 2. The first-order valence-electron chi connectivity index (χ1n) is 6.19. The number of alkyl halides is 1. The van der Waals surface area contributed by atoms with Crippen LogP contribution in [0, 0.1) is 0 Å². The molecule has 18 heavy (non-hydrogen) atoms. The molecule has 1 heterocycles. The van der Waals surface area contributed by atoms with Crippen molar-refractivity contribution in [1.29, 1.82) is 0 Å². The molecule has 0 aromatic heterocycles. The molecule has 0 unspecified atom stereocenters. The van der Waals surface area contributed by atoms with Crippen LogP contribution >= 0.6 is 11.6 Å². The number of halogens is 1. The van der Waals surface area contributed by atoms with Crippen LogP contribution in [0.25, 0.3) is 0 Å². The lowest BCUT2D eigenvalue weighted by Gasteiger charge is -2.17. The van der Waals surface area contributed by atoms with E-state index in [1.165, 1.54) is 0 Å². The van der Waals surface area contributed by atoms with Gasteiger partial charge in [0.1, 0.15) is 0 Å². The average Bonchev–Trinajstić information content (AvgIpc) is 2.80.